The summed E-state index contributed by atoms with van der Waals surface area (Å²) in [6.07, 6.45) is 8.32. The number of morpholine rings is 1. The quantitative estimate of drug-likeness (QED) is 0.845. The number of nitrogens with zero attached hydrogens (tertiary/aromatic N) is 4. The van der Waals surface area contributed by atoms with E-state index >= 15 is 0 Å². The van der Waals surface area contributed by atoms with Crippen molar-refractivity contribution in [1.82, 2.24) is 14.5 Å². The Balaban J connectivity index is 1.77. The van der Waals surface area contributed by atoms with E-state index < -0.39 is 0 Å². The van der Waals surface area contributed by atoms with Gasteiger partial charge in [-0.05, 0) is 25.0 Å². The first-order valence-corrected chi connectivity index (χ1v) is 8.61. The van der Waals surface area contributed by atoms with Crippen molar-refractivity contribution < 1.29 is 4.74 Å². The third-order valence-electron chi connectivity index (χ3n) is 5.08. The first-order chi connectivity index (χ1) is 11.7. The molecule has 2 aliphatic rings. The molecule has 1 aliphatic heterocycles. The molecular formula is C18H22N4O2. The van der Waals surface area contributed by atoms with E-state index in [1.165, 1.54) is 12.8 Å². The lowest BCUT2D eigenvalue weighted by Crippen LogP contribution is -2.54. The summed E-state index contributed by atoms with van der Waals surface area (Å²) >= 11 is 0. The predicted octanol–water partition coefficient (Wildman–Crippen LogP) is 1.99. The van der Waals surface area contributed by atoms with Crippen LogP contribution in [0.1, 0.15) is 25.7 Å². The number of hydrogen-bond acceptors (Lipinski definition) is 5. The maximum atomic E-state index is 12.5. The van der Waals surface area contributed by atoms with Crippen molar-refractivity contribution in [2.45, 2.75) is 37.8 Å². The predicted molar refractivity (Wildman–Crippen MR) is 92.1 cm³/mol. The summed E-state index contributed by atoms with van der Waals surface area (Å²) in [4.78, 5) is 23.6. The van der Waals surface area contributed by atoms with Gasteiger partial charge < -0.3 is 9.64 Å². The van der Waals surface area contributed by atoms with Gasteiger partial charge in [-0.3, -0.25) is 14.3 Å². The highest BCUT2D eigenvalue weighted by Crippen LogP contribution is 2.31. The van der Waals surface area contributed by atoms with Gasteiger partial charge in [-0.2, -0.15) is 0 Å². The second-order valence-corrected chi connectivity index (χ2v) is 6.53. The average molecular weight is 326 g/mol. The van der Waals surface area contributed by atoms with Crippen molar-refractivity contribution in [3.63, 3.8) is 0 Å². The number of rotatable bonds is 2. The Morgan fingerprint density at radius 3 is 2.83 bits per heavy atom. The third kappa shape index (κ3) is 2.71. The van der Waals surface area contributed by atoms with Gasteiger partial charge in [-0.1, -0.05) is 12.8 Å². The molecule has 0 N–H and O–H groups in total. The molecule has 0 spiro atoms. The molecule has 4 rings (SSSR count). The molecular weight excluding hydrogens is 304 g/mol. The van der Waals surface area contributed by atoms with E-state index in [-0.39, 0.29) is 11.7 Å². The first-order valence-electron chi connectivity index (χ1n) is 8.61. The molecule has 2 fully saturated rings. The molecule has 126 valence electrons. The van der Waals surface area contributed by atoms with Crippen molar-refractivity contribution in [1.29, 1.82) is 0 Å². The number of ether oxygens (including phenoxy) is 1. The smallest absolute Gasteiger partial charge is 0.255 e. The standard InChI is InChI=1S/C18H22N4O2/c1-21-17(23)12-14(13-6-8-19-9-7-13)20-18(21)22-10-11-24-16-5-3-2-4-15(16)22/h6-9,12,15-16H,2-5,10-11H2,1H3/t15-,16-/m0/s1. The number of pyridine rings is 1. The minimum atomic E-state index is -0.0364. The Hall–Kier alpha value is -2.21. The van der Waals surface area contributed by atoms with Crippen LogP contribution in [0.15, 0.2) is 35.4 Å². The maximum absolute atomic E-state index is 12.5. The van der Waals surface area contributed by atoms with Gasteiger partial charge in [0.05, 0.1) is 24.4 Å². The van der Waals surface area contributed by atoms with Crippen LogP contribution in [0.3, 0.4) is 0 Å². The molecule has 0 amide bonds. The van der Waals surface area contributed by atoms with E-state index in [0.29, 0.717) is 18.3 Å². The van der Waals surface area contributed by atoms with Crippen LogP contribution in [-0.4, -0.2) is 39.8 Å². The third-order valence-corrected chi connectivity index (χ3v) is 5.08. The summed E-state index contributed by atoms with van der Waals surface area (Å²) in [7, 11) is 1.80. The van der Waals surface area contributed by atoms with Crippen LogP contribution in [0.4, 0.5) is 5.95 Å². The van der Waals surface area contributed by atoms with Gasteiger partial charge in [0.25, 0.3) is 5.56 Å². The zero-order valence-corrected chi connectivity index (χ0v) is 13.9. The lowest BCUT2D eigenvalue weighted by molar-refractivity contribution is -0.00959. The lowest BCUT2D eigenvalue weighted by Gasteiger charge is -2.44. The van der Waals surface area contributed by atoms with E-state index in [4.69, 9.17) is 9.72 Å². The molecule has 0 aromatic carbocycles. The van der Waals surface area contributed by atoms with Crippen LogP contribution in [0.5, 0.6) is 0 Å². The highest BCUT2D eigenvalue weighted by Gasteiger charge is 2.36. The van der Waals surface area contributed by atoms with Crippen LogP contribution >= 0.6 is 0 Å². The Morgan fingerprint density at radius 2 is 2.00 bits per heavy atom. The summed E-state index contributed by atoms with van der Waals surface area (Å²) in [6, 6.07) is 5.68. The molecule has 3 heterocycles. The Bertz CT molecular complexity index is 772. The van der Waals surface area contributed by atoms with Gasteiger partial charge in [0.2, 0.25) is 5.95 Å². The molecule has 6 heteroatoms. The number of aromatic nitrogens is 3. The maximum Gasteiger partial charge on any atom is 0.255 e. The summed E-state index contributed by atoms with van der Waals surface area (Å²) < 4.78 is 7.61. The fraction of sp³-hybridized carbons (Fsp3) is 0.500. The normalized spacial score (nSPS) is 23.8. The second kappa shape index (κ2) is 6.36. The monoisotopic (exact) mass is 326 g/mol. The van der Waals surface area contributed by atoms with Gasteiger partial charge in [0.1, 0.15) is 0 Å². The van der Waals surface area contributed by atoms with Gasteiger partial charge in [-0.25, -0.2) is 4.98 Å². The molecule has 1 saturated heterocycles. The van der Waals surface area contributed by atoms with Crippen LogP contribution in [0, 0.1) is 0 Å². The fourth-order valence-corrected chi connectivity index (χ4v) is 3.80. The largest absolute Gasteiger partial charge is 0.374 e. The van der Waals surface area contributed by atoms with Crippen molar-refractivity contribution in [3.8, 4) is 11.3 Å². The zero-order valence-electron chi connectivity index (χ0n) is 13.9. The first kappa shape index (κ1) is 15.3. The van der Waals surface area contributed by atoms with E-state index in [2.05, 4.69) is 9.88 Å². The van der Waals surface area contributed by atoms with E-state index in [9.17, 15) is 4.79 Å². The summed E-state index contributed by atoms with van der Waals surface area (Å²) in [5.41, 5.74) is 1.58. The van der Waals surface area contributed by atoms with Crippen LogP contribution in [-0.2, 0) is 11.8 Å². The zero-order chi connectivity index (χ0) is 16.5. The lowest BCUT2D eigenvalue weighted by atomic mass is 9.90. The van der Waals surface area contributed by atoms with Gasteiger partial charge in [0.15, 0.2) is 0 Å². The Labute approximate surface area is 141 Å². The molecule has 24 heavy (non-hydrogen) atoms. The fourth-order valence-electron chi connectivity index (χ4n) is 3.80. The van der Waals surface area contributed by atoms with Gasteiger partial charge in [0, 0.05) is 37.6 Å². The SMILES string of the molecule is Cn1c(N2CCO[C@H]3CCCC[C@@H]32)nc(-c2ccncc2)cc1=O. The van der Waals surface area contributed by atoms with E-state index in [1.54, 1.807) is 30.1 Å². The number of hydrogen-bond donors (Lipinski definition) is 0. The second-order valence-electron chi connectivity index (χ2n) is 6.53. The Morgan fingerprint density at radius 1 is 1.21 bits per heavy atom. The highest BCUT2D eigenvalue weighted by molar-refractivity contribution is 5.59. The van der Waals surface area contributed by atoms with Crippen molar-refractivity contribution in [2.24, 2.45) is 7.05 Å². The minimum absolute atomic E-state index is 0.0364. The van der Waals surface area contributed by atoms with Gasteiger partial charge in [-0.15, -0.1) is 0 Å². The molecule has 0 bridgehead atoms. The number of fused-ring (bicyclic) bond motifs is 1. The van der Waals surface area contributed by atoms with Crippen LogP contribution in [0.2, 0.25) is 0 Å². The molecule has 2 aromatic heterocycles. The Kier molecular flexibility index (Phi) is 4.06. The van der Waals surface area contributed by atoms with E-state index in [1.807, 2.05) is 12.1 Å². The molecule has 0 radical (unpaired) electrons. The van der Waals surface area contributed by atoms with Crippen molar-refractivity contribution >= 4 is 5.95 Å². The summed E-state index contributed by atoms with van der Waals surface area (Å²) in [5.74, 6) is 0.745. The highest BCUT2D eigenvalue weighted by atomic mass is 16.5. The average Bonchev–Trinajstić information content (AvgIpc) is 2.64. The topological polar surface area (TPSA) is 60.2 Å². The molecule has 6 nitrogen and oxygen atoms in total. The number of anilines is 1. The molecule has 2 atom stereocenters. The van der Waals surface area contributed by atoms with E-state index in [0.717, 1.165) is 30.9 Å². The van der Waals surface area contributed by atoms with Crippen LogP contribution < -0.4 is 10.5 Å². The summed E-state index contributed by atoms with van der Waals surface area (Å²) in [5, 5.41) is 0. The molecule has 1 aliphatic carbocycles. The van der Waals surface area contributed by atoms with Crippen LogP contribution in [0.25, 0.3) is 11.3 Å². The van der Waals surface area contributed by atoms with Crippen molar-refractivity contribution in [2.75, 3.05) is 18.1 Å². The van der Waals surface area contributed by atoms with Gasteiger partial charge >= 0.3 is 0 Å². The summed E-state index contributed by atoms with van der Waals surface area (Å²) in [6.45, 7) is 1.47. The van der Waals surface area contributed by atoms with Crippen molar-refractivity contribution in [3.05, 3.63) is 40.9 Å². The minimum Gasteiger partial charge on any atom is -0.374 e. The molecule has 0 unspecified atom stereocenters. The molecule has 2 aromatic rings. The molecule has 1 saturated carbocycles.